The molecule has 2 heterocycles. The van der Waals surface area contributed by atoms with Crippen molar-refractivity contribution < 1.29 is 4.74 Å². The Bertz CT molecular complexity index is 657. The third-order valence-electron chi connectivity index (χ3n) is 3.85. The van der Waals surface area contributed by atoms with E-state index in [0.29, 0.717) is 5.69 Å². The van der Waals surface area contributed by atoms with E-state index in [1.165, 1.54) is 0 Å². The van der Waals surface area contributed by atoms with Gasteiger partial charge in [-0.05, 0) is 31.4 Å². The summed E-state index contributed by atoms with van der Waals surface area (Å²) in [5, 5.41) is 0. The fourth-order valence-corrected chi connectivity index (χ4v) is 2.75. The van der Waals surface area contributed by atoms with Crippen molar-refractivity contribution in [3.8, 4) is 0 Å². The first-order valence-corrected chi connectivity index (χ1v) is 7.42. The summed E-state index contributed by atoms with van der Waals surface area (Å²) in [5.74, 6) is 0. The summed E-state index contributed by atoms with van der Waals surface area (Å²) in [4.78, 5) is 17.3. The van der Waals surface area contributed by atoms with Crippen molar-refractivity contribution in [2.75, 3.05) is 6.61 Å². The molecule has 1 aliphatic rings. The minimum absolute atomic E-state index is 0.0176. The zero-order chi connectivity index (χ0) is 13.9. The standard InChI is InChI=1S/C16H20N2O2/c1-2-3-10-18-13-8-5-4-7-12(13)17-15(16(18)19)14-9-6-11-20-14/h4-5,7-8,14H,2-3,6,9-11H2,1H3. The van der Waals surface area contributed by atoms with E-state index >= 15 is 0 Å². The molecule has 4 heteroatoms. The fraction of sp³-hybridized carbons (Fsp3) is 0.500. The van der Waals surface area contributed by atoms with Gasteiger partial charge in [-0.3, -0.25) is 4.79 Å². The second kappa shape index (κ2) is 5.75. The van der Waals surface area contributed by atoms with E-state index in [0.717, 1.165) is 49.9 Å². The number of hydrogen-bond acceptors (Lipinski definition) is 3. The number of hydrogen-bond donors (Lipinski definition) is 0. The highest BCUT2D eigenvalue weighted by molar-refractivity contribution is 5.74. The lowest BCUT2D eigenvalue weighted by Crippen LogP contribution is -2.27. The van der Waals surface area contributed by atoms with Crippen molar-refractivity contribution in [2.24, 2.45) is 0 Å². The highest BCUT2D eigenvalue weighted by Crippen LogP contribution is 2.26. The molecule has 0 amide bonds. The fourth-order valence-electron chi connectivity index (χ4n) is 2.75. The van der Waals surface area contributed by atoms with Crippen LogP contribution >= 0.6 is 0 Å². The smallest absolute Gasteiger partial charge is 0.275 e. The van der Waals surface area contributed by atoms with E-state index < -0.39 is 0 Å². The Morgan fingerprint density at radius 3 is 3.00 bits per heavy atom. The van der Waals surface area contributed by atoms with E-state index in [4.69, 9.17) is 4.74 Å². The molecule has 0 aliphatic carbocycles. The number of unbranched alkanes of at least 4 members (excludes halogenated alkanes) is 1. The molecule has 3 rings (SSSR count). The van der Waals surface area contributed by atoms with Crippen LogP contribution in [0.3, 0.4) is 0 Å². The molecule has 1 aromatic carbocycles. The van der Waals surface area contributed by atoms with Gasteiger partial charge in [-0.15, -0.1) is 0 Å². The van der Waals surface area contributed by atoms with Crippen LogP contribution in [-0.4, -0.2) is 16.2 Å². The van der Waals surface area contributed by atoms with Crippen LogP contribution in [0.1, 0.15) is 44.4 Å². The quantitative estimate of drug-likeness (QED) is 0.859. The van der Waals surface area contributed by atoms with Gasteiger partial charge < -0.3 is 9.30 Å². The number of aryl methyl sites for hydroxylation is 1. The first kappa shape index (κ1) is 13.3. The average Bonchev–Trinajstić information content (AvgIpc) is 3.00. The van der Waals surface area contributed by atoms with Crippen LogP contribution in [0.2, 0.25) is 0 Å². The molecule has 1 aromatic heterocycles. The maximum Gasteiger partial charge on any atom is 0.275 e. The summed E-state index contributed by atoms with van der Waals surface area (Å²) in [6.45, 7) is 3.61. The molecule has 0 radical (unpaired) electrons. The monoisotopic (exact) mass is 272 g/mol. The minimum atomic E-state index is -0.125. The van der Waals surface area contributed by atoms with Crippen molar-refractivity contribution in [1.82, 2.24) is 9.55 Å². The lowest BCUT2D eigenvalue weighted by Gasteiger charge is -2.14. The third kappa shape index (κ3) is 2.36. The van der Waals surface area contributed by atoms with E-state index in [1.54, 1.807) is 0 Å². The second-order valence-electron chi connectivity index (χ2n) is 5.30. The summed E-state index contributed by atoms with van der Waals surface area (Å²) in [5.41, 5.74) is 2.41. The Hall–Kier alpha value is -1.68. The second-order valence-corrected chi connectivity index (χ2v) is 5.30. The van der Waals surface area contributed by atoms with Crippen LogP contribution in [0.25, 0.3) is 11.0 Å². The van der Waals surface area contributed by atoms with Crippen molar-refractivity contribution in [3.05, 3.63) is 40.3 Å². The summed E-state index contributed by atoms with van der Waals surface area (Å²) >= 11 is 0. The van der Waals surface area contributed by atoms with Crippen molar-refractivity contribution >= 4 is 11.0 Å². The van der Waals surface area contributed by atoms with Crippen LogP contribution in [0, 0.1) is 0 Å². The topological polar surface area (TPSA) is 44.1 Å². The lowest BCUT2D eigenvalue weighted by atomic mass is 10.1. The van der Waals surface area contributed by atoms with Gasteiger partial charge in [0.15, 0.2) is 0 Å². The summed E-state index contributed by atoms with van der Waals surface area (Å²) in [6, 6.07) is 7.86. The molecule has 1 unspecified atom stereocenters. The van der Waals surface area contributed by atoms with Crippen molar-refractivity contribution in [1.29, 1.82) is 0 Å². The maximum absolute atomic E-state index is 12.7. The molecule has 2 aromatic rings. The van der Waals surface area contributed by atoms with Gasteiger partial charge in [-0.25, -0.2) is 4.98 Å². The van der Waals surface area contributed by atoms with Gasteiger partial charge in [0.2, 0.25) is 0 Å². The number of aromatic nitrogens is 2. The average molecular weight is 272 g/mol. The van der Waals surface area contributed by atoms with E-state index in [-0.39, 0.29) is 11.7 Å². The van der Waals surface area contributed by atoms with Crippen LogP contribution in [0.4, 0.5) is 0 Å². The number of nitrogens with zero attached hydrogens (tertiary/aromatic N) is 2. The van der Waals surface area contributed by atoms with Gasteiger partial charge in [0.25, 0.3) is 5.56 Å². The lowest BCUT2D eigenvalue weighted by molar-refractivity contribution is 0.107. The number of para-hydroxylation sites is 2. The Kier molecular flexibility index (Phi) is 3.83. The number of fused-ring (bicyclic) bond motifs is 1. The van der Waals surface area contributed by atoms with Crippen LogP contribution in [-0.2, 0) is 11.3 Å². The van der Waals surface area contributed by atoms with Gasteiger partial charge in [0.1, 0.15) is 11.8 Å². The molecule has 1 fully saturated rings. The van der Waals surface area contributed by atoms with E-state index in [9.17, 15) is 4.79 Å². The number of rotatable bonds is 4. The third-order valence-corrected chi connectivity index (χ3v) is 3.85. The zero-order valence-corrected chi connectivity index (χ0v) is 11.8. The Morgan fingerprint density at radius 1 is 1.40 bits per heavy atom. The predicted molar refractivity (Wildman–Crippen MR) is 78.8 cm³/mol. The maximum atomic E-state index is 12.7. The molecule has 1 atom stereocenters. The molecule has 0 bridgehead atoms. The van der Waals surface area contributed by atoms with Gasteiger partial charge >= 0.3 is 0 Å². The Morgan fingerprint density at radius 2 is 2.25 bits per heavy atom. The summed E-state index contributed by atoms with van der Waals surface area (Å²) in [6.07, 6.45) is 3.85. The first-order chi connectivity index (χ1) is 9.81. The van der Waals surface area contributed by atoms with Gasteiger partial charge in [-0.1, -0.05) is 25.5 Å². The summed E-state index contributed by atoms with van der Waals surface area (Å²) in [7, 11) is 0. The summed E-state index contributed by atoms with van der Waals surface area (Å²) < 4.78 is 7.52. The van der Waals surface area contributed by atoms with Gasteiger partial charge in [-0.2, -0.15) is 0 Å². The molecular weight excluding hydrogens is 252 g/mol. The molecular formula is C16H20N2O2. The van der Waals surface area contributed by atoms with E-state index in [2.05, 4.69) is 11.9 Å². The molecule has 0 N–H and O–H groups in total. The largest absolute Gasteiger partial charge is 0.372 e. The molecule has 1 aliphatic heterocycles. The van der Waals surface area contributed by atoms with Crippen molar-refractivity contribution in [2.45, 2.75) is 45.3 Å². The van der Waals surface area contributed by atoms with E-state index in [1.807, 2.05) is 28.8 Å². The minimum Gasteiger partial charge on any atom is -0.372 e. The molecule has 0 spiro atoms. The van der Waals surface area contributed by atoms with Crippen LogP contribution < -0.4 is 5.56 Å². The highest BCUT2D eigenvalue weighted by atomic mass is 16.5. The Labute approximate surface area is 118 Å². The molecule has 106 valence electrons. The SMILES string of the molecule is CCCCn1c(=O)c(C2CCCO2)nc2ccccc21. The predicted octanol–water partition coefficient (Wildman–Crippen LogP) is 3.05. The van der Waals surface area contributed by atoms with Gasteiger partial charge in [0, 0.05) is 13.2 Å². The molecule has 4 nitrogen and oxygen atoms in total. The van der Waals surface area contributed by atoms with Crippen LogP contribution in [0.15, 0.2) is 29.1 Å². The molecule has 0 saturated carbocycles. The number of ether oxygens (including phenoxy) is 1. The zero-order valence-electron chi connectivity index (χ0n) is 11.8. The number of benzene rings is 1. The van der Waals surface area contributed by atoms with Gasteiger partial charge in [0.05, 0.1) is 11.0 Å². The first-order valence-electron chi connectivity index (χ1n) is 7.42. The van der Waals surface area contributed by atoms with Crippen molar-refractivity contribution in [3.63, 3.8) is 0 Å². The Balaban J connectivity index is 2.16. The van der Waals surface area contributed by atoms with Crippen LogP contribution in [0.5, 0.6) is 0 Å². The molecule has 20 heavy (non-hydrogen) atoms. The molecule has 1 saturated heterocycles. The highest BCUT2D eigenvalue weighted by Gasteiger charge is 2.24. The normalized spacial score (nSPS) is 18.8.